The number of fused-ring (bicyclic) bond motifs is 1. The SMILES string of the molecule is COc1ccc2cc(C(=O)NCCCN3CCOCC3)[nH]c2c1. The highest BCUT2D eigenvalue weighted by Crippen LogP contribution is 2.21. The van der Waals surface area contributed by atoms with Crippen molar-refractivity contribution >= 4 is 16.8 Å². The number of rotatable bonds is 6. The molecule has 124 valence electrons. The van der Waals surface area contributed by atoms with Gasteiger partial charge >= 0.3 is 0 Å². The Morgan fingerprint density at radius 1 is 1.35 bits per heavy atom. The number of aromatic amines is 1. The molecule has 1 aromatic heterocycles. The first-order chi connectivity index (χ1) is 11.3. The Morgan fingerprint density at radius 2 is 2.17 bits per heavy atom. The summed E-state index contributed by atoms with van der Waals surface area (Å²) in [6.07, 6.45) is 0.944. The van der Waals surface area contributed by atoms with E-state index in [1.807, 2.05) is 24.3 Å². The fourth-order valence-corrected chi connectivity index (χ4v) is 2.78. The lowest BCUT2D eigenvalue weighted by Gasteiger charge is -2.26. The third-order valence-electron chi connectivity index (χ3n) is 4.11. The molecule has 1 saturated heterocycles. The number of hydrogen-bond acceptors (Lipinski definition) is 4. The van der Waals surface area contributed by atoms with Crippen LogP contribution in [0.25, 0.3) is 10.9 Å². The fraction of sp³-hybridized carbons (Fsp3) is 0.471. The second kappa shape index (κ2) is 7.48. The van der Waals surface area contributed by atoms with Crippen molar-refractivity contribution in [1.82, 2.24) is 15.2 Å². The predicted octanol–water partition coefficient (Wildman–Crippen LogP) is 1.63. The average Bonchev–Trinajstić information content (AvgIpc) is 3.02. The van der Waals surface area contributed by atoms with Crippen molar-refractivity contribution in [2.75, 3.05) is 46.5 Å². The maximum Gasteiger partial charge on any atom is 0.267 e. The number of carbonyl (C=O) groups excluding carboxylic acids is 1. The number of H-pyrrole nitrogens is 1. The Balaban J connectivity index is 1.49. The van der Waals surface area contributed by atoms with Gasteiger partial charge in [-0.2, -0.15) is 0 Å². The van der Waals surface area contributed by atoms with Gasteiger partial charge < -0.3 is 19.8 Å². The van der Waals surface area contributed by atoms with E-state index in [9.17, 15) is 4.79 Å². The Bertz CT molecular complexity index is 662. The highest BCUT2D eigenvalue weighted by Gasteiger charge is 2.11. The molecule has 0 aliphatic carbocycles. The smallest absolute Gasteiger partial charge is 0.267 e. The van der Waals surface area contributed by atoms with E-state index in [0.717, 1.165) is 55.9 Å². The number of benzene rings is 1. The normalized spacial score (nSPS) is 15.7. The van der Waals surface area contributed by atoms with Gasteiger partial charge in [0.05, 0.1) is 20.3 Å². The summed E-state index contributed by atoms with van der Waals surface area (Å²) in [5.41, 5.74) is 1.49. The van der Waals surface area contributed by atoms with Crippen LogP contribution in [0.15, 0.2) is 24.3 Å². The summed E-state index contributed by atoms with van der Waals surface area (Å²) >= 11 is 0. The van der Waals surface area contributed by atoms with Crippen molar-refractivity contribution in [3.63, 3.8) is 0 Å². The maximum absolute atomic E-state index is 12.2. The quantitative estimate of drug-likeness (QED) is 0.795. The van der Waals surface area contributed by atoms with Gasteiger partial charge in [-0.25, -0.2) is 0 Å². The van der Waals surface area contributed by atoms with Crippen LogP contribution in [0.1, 0.15) is 16.9 Å². The molecule has 0 saturated carbocycles. The van der Waals surface area contributed by atoms with Gasteiger partial charge in [-0.15, -0.1) is 0 Å². The lowest BCUT2D eigenvalue weighted by Crippen LogP contribution is -2.38. The molecule has 2 heterocycles. The summed E-state index contributed by atoms with van der Waals surface area (Å²) < 4.78 is 10.5. The molecule has 1 aliphatic heterocycles. The number of hydrogen-bond donors (Lipinski definition) is 2. The number of carbonyl (C=O) groups is 1. The lowest BCUT2D eigenvalue weighted by atomic mass is 10.2. The molecule has 0 spiro atoms. The van der Waals surface area contributed by atoms with Gasteiger partial charge in [0, 0.05) is 36.6 Å². The highest BCUT2D eigenvalue weighted by atomic mass is 16.5. The molecular formula is C17H23N3O3. The van der Waals surface area contributed by atoms with E-state index in [-0.39, 0.29) is 5.91 Å². The highest BCUT2D eigenvalue weighted by molar-refractivity contribution is 5.98. The second-order valence-electron chi connectivity index (χ2n) is 5.70. The van der Waals surface area contributed by atoms with E-state index in [1.165, 1.54) is 0 Å². The molecule has 0 atom stereocenters. The van der Waals surface area contributed by atoms with Crippen molar-refractivity contribution in [2.45, 2.75) is 6.42 Å². The van der Waals surface area contributed by atoms with Crippen molar-refractivity contribution in [2.24, 2.45) is 0 Å². The summed E-state index contributed by atoms with van der Waals surface area (Å²) in [7, 11) is 1.63. The number of amides is 1. The first kappa shape index (κ1) is 15.8. The van der Waals surface area contributed by atoms with Crippen LogP contribution in [0.5, 0.6) is 5.75 Å². The van der Waals surface area contributed by atoms with E-state index in [0.29, 0.717) is 12.2 Å². The Morgan fingerprint density at radius 3 is 2.96 bits per heavy atom. The summed E-state index contributed by atoms with van der Waals surface area (Å²) in [5.74, 6) is 0.707. The number of ether oxygens (including phenoxy) is 2. The molecular weight excluding hydrogens is 294 g/mol. The van der Waals surface area contributed by atoms with Crippen molar-refractivity contribution in [3.8, 4) is 5.75 Å². The van der Waals surface area contributed by atoms with E-state index >= 15 is 0 Å². The van der Waals surface area contributed by atoms with Crippen LogP contribution in [0, 0.1) is 0 Å². The van der Waals surface area contributed by atoms with E-state index in [1.54, 1.807) is 7.11 Å². The van der Waals surface area contributed by atoms with Crippen LogP contribution in [-0.4, -0.2) is 62.3 Å². The van der Waals surface area contributed by atoms with Crippen LogP contribution >= 0.6 is 0 Å². The largest absolute Gasteiger partial charge is 0.497 e. The summed E-state index contributed by atoms with van der Waals surface area (Å²) in [6.45, 7) is 5.26. The van der Waals surface area contributed by atoms with Crippen LogP contribution < -0.4 is 10.1 Å². The molecule has 1 amide bonds. The standard InChI is InChI=1S/C17H23N3O3/c1-22-14-4-3-13-11-16(19-15(13)12-14)17(21)18-5-2-6-20-7-9-23-10-8-20/h3-4,11-12,19H,2,5-10H2,1H3,(H,18,21). The number of aromatic nitrogens is 1. The van der Waals surface area contributed by atoms with Crippen LogP contribution in [0.2, 0.25) is 0 Å². The van der Waals surface area contributed by atoms with Crippen molar-refractivity contribution in [1.29, 1.82) is 0 Å². The zero-order valence-electron chi connectivity index (χ0n) is 13.4. The topological polar surface area (TPSA) is 66.6 Å². The van der Waals surface area contributed by atoms with Crippen molar-refractivity contribution < 1.29 is 14.3 Å². The molecule has 1 aromatic carbocycles. The maximum atomic E-state index is 12.2. The summed E-state index contributed by atoms with van der Waals surface area (Å²) in [5, 5.41) is 3.97. The number of nitrogens with zero attached hydrogens (tertiary/aromatic N) is 1. The third-order valence-corrected chi connectivity index (χ3v) is 4.11. The summed E-state index contributed by atoms with van der Waals surface area (Å²) in [6, 6.07) is 7.59. The lowest BCUT2D eigenvalue weighted by molar-refractivity contribution is 0.0374. The zero-order valence-corrected chi connectivity index (χ0v) is 13.4. The fourth-order valence-electron chi connectivity index (χ4n) is 2.78. The van der Waals surface area contributed by atoms with Crippen LogP contribution in [0.4, 0.5) is 0 Å². The molecule has 23 heavy (non-hydrogen) atoms. The van der Waals surface area contributed by atoms with Crippen molar-refractivity contribution in [3.05, 3.63) is 30.0 Å². The minimum atomic E-state index is -0.0675. The minimum absolute atomic E-state index is 0.0675. The minimum Gasteiger partial charge on any atom is -0.497 e. The molecule has 0 radical (unpaired) electrons. The number of morpholine rings is 1. The Kier molecular flexibility index (Phi) is 5.15. The molecule has 0 bridgehead atoms. The van der Waals surface area contributed by atoms with E-state index in [4.69, 9.17) is 9.47 Å². The second-order valence-corrected chi connectivity index (χ2v) is 5.70. The number of methoxy groups -OCH3 is 1. The van der Waals surface area contributed by atoms with Gasteiger partial charge in [0.25, 0.3) is 5.91 Å². The van der Waals surface area contributed by atoms with Crippen LogP contribution in [-0.2, 0) is 4.74 Å². The first-order valence-electron chi connectivity index (χ1n) is 8.01. The molecule has 1 aliphatic rings. The van der Waals surface area contributed by atoms with Gasteiger partial charge in [0.15, 0.2) is 0 Å². The predicted molar refractivity (Wildman–Crippen MR) is 89.1 cm³/mol. The average molecular weight is 317 g/mol. The summed E-state index contributed by atoms with van der Waals surface area (Å²) in [4.78, 5) is 17.7. The molecule has 1 fully saturated rings. The third kappa shape index (κ3) is 4.03. The molecule has 3 rings (SSSR count). The van der Waals surface area contributed by atoms with Gasteiger partial charge in [0.2, 0.25) is 0 Å². The van der Waals surface area contributed by atoms with Crippen LogP contribution in [0.3, 0.4) is 0 Å². The Hall–Kier alpha value is -2.05. The molecule has 0 unspecified atom stereocenters. The molecule has 2 aromatic rings. The van der Waals surface area contributed by atoms with Gasteiger partial charge in [-0.05, 0) is 31.2 Å². The monoisotopic (exact) mass is 317 g/mol. The zero-order chi connectivity index (χ0) is 16.1. The molecule has 6 nitrogen and oxygen atoms in total. The number of nitrogens with one attached hydrogen (secondary N) is 2. The van der Waals surface area contributed by atoms with Gasteiger partial charge in [0.1, 0.15) is 11.4 Å². The van der Waals surface area contributed by atoms with E-state index in [2.05, 4.69) is 15.2 Å². The first-order valence-corrected chi connectivity index (χ1v) is 8.01. The van der Waals surface area contributed by atoms with E-state index < -0.39 is 0 Å². The Labute approximate surface area is 135 Å². The molecule has 6 heteroatoms. The van der Waals surface area contributed by atoms with Gasteiger partial charge in [-0.3, -0.25) is 9.69 Å². The van der Waals surface area contributed by atoms with Gasteiger partial charge in [-0.1, -0.05) is 0 Å². The molecule has 2 N–H and O–H groups in total.